The normalized spacial score (nSPS) is 13.0. The summed E-state index contributed by atoms with van der Waals surface area (Å²) >= 11 is 6.01. The first-order valence-corrected chi connectivity index (χ1v) is 7.55. The Morgan fingerprint density at radius 1 is 1.43 bits per heavy atom. The molecule has 0 spiro atoms. The number of aliphatic hydroxyl groups is 1. The minimum absolute atomic E-state index is 0.0756. The summed E-state index contributed by atoms with van der Waals surface area (Å²) < 4.78 is 7.32. The first kappa shape index (κ1) is 16.2. The minimum atomic E-state index is 0.0756. The van der Waals surface area contributed by atoms with Gasteiger partial charge in [0.15, 0.2) is 0 Å². The Labute approximate surface area is 129 Å². The van der Waals surface area contributed by atoms with Gasteiger partial charge in [0.05, 0.1) is 30.3 Å². The summed E-state index contributed by atoms with van der Waals surface area (Å²) in [5.74, 6) is 0.989. The molecule has 1 unspecified atom stereocenters. The maximum atomic E-state index is 8.62. The van der Waals surface area contributed by atoms with Crippen molar-refractivity contribution in [3.63, 3.8) is 0 Å². The van der Waals surface area contributed by atoms with Crippen LogP contribution in [-0.2, 0) is 11.8 Å². The fourth-order valence-electron chi connectivity index (χ4n) is 2.33. The zero-order chi connectivity index (χ0) is 15.2. The number of hydrogen-bond acceptors (Lipinski definition) is 4. The molecule has 6 heteroatoms. The van der Waals surface area contributed by atoms with E-state index in [-0.39, 0.29) is 12.6 Å². The summed E-state index contributed by atoms with van der Waals surface area (Å²) in [5, 5.41) is 12.8. The van der Waals surface area contributed by atoms with E-state index in [2.05, 4.69) is 21.8 Å². The van der Waals surface area contributed by atoms with E-state index in [1.165, 1.54) is 0 Å². The van der Waals surface area contributed by atoms with Crippen LogP contribution in [0.25, 0.3) is 11.0 Å². The van der Waals surface area contributed by atoms with Crippen molar-refractivity contribution >= 4 is 22.6 Å². The molecule has 1 heterocycles. The van der Waals surface area contributed by atoms with Crippen LogP contribution in [0.4, 0.5) is 0 Å². The second-order valence-corrected chi connectivity index (χ2v) is 5.46. The Balaban J connectivity index is 1.93. The number of aryl methyl sites for hydroxylation is 1. The van der Waals surface area contributed by atoms with E-state index >= 15 is 0 Å². The summed E-state index contributed by atoms with van der Waals surface area (Å²) in [5.41, 5.74) is 1.99. The van der Waals surface area contributed by atoms with E-state index in [0.717, 1.165) is 29.8 Å². The van der Waals surface area contributed by atoms with Crippen molar-refractivity contribution in [3.8, 4) is 0 Å². The Bertz CT molecular complexity index is 586. The topological polar surface area (TPSA) is 59.3 Å². The Kier molecular flexibility index (Phi) is 5.99. The van der Waals surface area contributed by atoms with Gasteiger partial charge in [-0.25, -0.2) is 4.98 Å². The molecule has 0 bridgehead atoms. The fourth-order valence-corrected chi connectivity index (χ4v) is 2.50. The third kappa shape index (κ3) is 4.17. The van der Waals surface area contributed by atoms with Gasteiger partial charge in [-0.1, -0.05) is 11.6 Å². The molecule has 0 saturated heterocycles. The highest BCUT2D eigenvalue weighted by Crippen LogP contribution is 2.22. The van der Waals surface area contributed by atoms with Gasteiger partial charge in [0.1, 0.15) is 5.82 Å². The van der Waals surface area contributed by atoms with E-state index in [0.29, 0.717) is 18.2 Å². The fraction of sp³-hybridized carbons (Fsp3) is 0.533. The van der Waals surface area contributed by atoms with Crippen LogP contribution in [0.2, 0.25) is 5.02 Å². The molecular formula is C15H22ClN3O2. The predicted octanol–water partition coefficient (Wildman–Crippen LogP) is 2.28. The highest BCUT2D eigenvalue weighted by molar-refractivity contribution is 6.31. The van der Waals surface area contributed by atoms with Crippen LogP contribution in [-0.4, -0.2) is 41.0 Å². The molecule has 0 radical (unpaired) electrons. The number of aliphatic hydroxyl groups excluding tert-OH is 1. The van der Waals surface area contributed by atoms with Crippen molar-refractivity contribution in [3.05, 3.63) is 29.0 Å². The molecule has 1 atom stereocenters. The minimum Gasteiger partial charge on any atom is -0.394 e. The van der Waals surface area contributed by atoms with Gasteiger partial charge in [0.25, 0.3) is 0 Å². The summed E-state index contributed by atoms with van der Waals surface area (Å²) in [6.45, 7) is 4.07. The number of benzene rings is 1. The average molecular weight is 312 g/mol. The molecule has 2 aromatic rings. The monoisotopic (exact) mass is 311 g/mol. The summed E-state index contributed by atoms with van der Waals surface area (Å²) in [7, 11) is 2.01. The number of nitrogens with one attached hydrogen (secondary N) is 1. The predicted molar refractivity (Wildman–Crippen MR) is 84.7 cm³/mol. The number of nitrogens with zero attached hydrogens (tertiary/aromatic N) is 2. The lowest BCUT2D eigenvalue weighted by Gasteiger charge is -2.13. The third-order valence-electron chi connectivity index (χ3n) is 3.42. The quantitative estimate of drug-likeness (QED) is 0.734. The number of fused-ring (bicyclic) bond motifs is 1. The molecule has 1 aromatic carbocycles. The van der Waals surface area contributed by atoms with Gasteiger partial charge in [0.2, 0.25) is 0 Å². The van der Waals surface area contributed by atoms with Crippen LogP contribution in [0.15, 0.2) is 18.2 Å². The highest BCUT2D eigenvalue weighted by atomic mass is 35.5. The van der Waals surface area contributed by atoms with Gasteiger partial charge in [-0.3, -0.25) is 0 Å². The third-order valence-corrected chi connectivity index (χ3v) is 3.65. The molecule has 116 valence electrons. The van der Waals surface area contributed by atoms with Crippen molar-refractivity contribution in [2.45, 2.75) is 19.4 Å². The van der Waals surface area contributed by atoms with E-state index in [1.54, 1.807) is 0 Å². The van der Waals surface area contributed by atoms with Crippen molar-refractivity contribution < 1.29 is 9.84 Å². The van der Waals surface area contributed by atoms with Crippen LogP contribution in [0.1, 0.15) is 25.2 Å². The summed E-state index contributed by atoms with van der Waals surface area (Å²) in [6, 6.07) is 5.91. The molecule has 21 heavy (non-hydrogen) atoms. The van der Waals surface area contributed by atoms with Crippen LogP contribution in [0.5, 0.6) is 0 Å². The van der Waals surface area contributed by atoms with Gasteiger partial charge >= 0.3 is 0 Å². The number of rotatable bonds is 8. The number of ether oxygens (including phenoxy) is 1. The van der Waals surface area contributed by atoms with Crippen LogP contribution < -0.4 is 5.32 Å². The highest BCUT2D eigenvalue weighted by Gasteiger charge is 2.13. The molecule has 2 N–H and O–H groups in total. The van der Waals surface area contributed by atoms with Gasteiger partial charge in [-0.15, -0.1) is 0 Å². The number of imidazole rings is 1. The lowest BCUT2D eigenvalue weighted by atomic mass is 10.3. The lowest BCUT2D eigenvalue weighted by molar-refractivity contribution is 0.0904. The van der Waals surface area contributed by atoms with E-state index in [4.69, 9.17) is 21.4 Å². The molecule has 0 aliphatic carbocycles. The number of hydrogen-bond donors (Lipinski definition) is 2. The smallest absolute Gasteiger partial charge is 0.126 e. The van der Waals surface area contributed by atoms with E-state index in [9.17, 15) is 0 Å². The van der Waals surface area contributed by atoms with Crippen LogP contribution >= 0.6 is 11.6 Å². The van der Waals surface area contributed by atoms with E-state index in [1.807, 2.05) is 25.2 Å². The second-order valence-electron chi connectivity index (χ2n) is 5.03. The molecule has 0 aliphatic heterocycles. The zero-order valence-corrected chi connectivity index (χ0v) is 13.2. The molecule has 0 aliphatic rings. The summed E-state index contributed by atoms with van der Waals surface area (Å²) in [4.78, 5) is 4.65. The molecule has 2 rings (SSSR count). The van der Waals surface area contributed by atoms with Crippen molar-refractivity contribution in [1.82, 2.24) is 14.9 Å². The Morgan fingerprint density at radius 2 is 2.24 bits per heavy atom. The molecule has 0 fully saturated rings. The van der Waals surface area contributed by atoms with Crippen molar-refractivity contribution in [2.24, 2.45) is 7.05 Å². The van der Waals surface area contributed by atoms with Gasteiger partial charge in [0, 0.05) is 18.7 Å². The SMILES string of the molecule is CC(NCCCOCCO)c1nc2cc(Cl)ccc2n1C. The maximum Gasteiger partial charge on any atom is 0.126 e. The van der Waals surface area contributed by atoms with Crippen molar-refractivity contribution in [1.29, 1.82) is 0 Å². The van der Waals surface area contributed by atoms with Crippen LogP contribution in [0, 0.1) is 0 Å². The average Bonchev–Trinajstić information content (AvgIpc) is 2.79. The van der Waals surface area contributed by atoms with Gasteiger partial charge < -0.3 is 19.7 Å². The second kappa shape index (κ2) is 7.75. The maximum absolute atomic E-state index is 8.62. The standard InChI is InChI=1S/C15H22ClN3O2/c1-11(17-6-3-8-21-9-7-20)15-18-13-10-12(16)4-5-14(13)19(15)2/h4-5,10-11,17,20H,3,6-9H2,1-2H3. The van der Waals surface area contributed by atoms with Gasteiger partial charge in [-0.2, -0.15) is 0 Å². The van der Waals surface area contributed by atoms with Gasteiger partial charge in [-0.05, 0) is 38.1 Å². The summed E-state index contributed by atoms with van der Waals surface area (Å²) in [6.07, 6.45) is 0.903. The van der Waals surface area contributed by atoms with E-state index < -0.39 is 0 Å². The lowest BCUT2D eigenvalue weighted by Crippen LogP contribution is -2.23. The molecule has 0 amide bonds. The number of halogens is 1. The Morgan fingerprint density at radius 3 is 3.00 bits per heavy atom. The van der Waals surface area contributed by atoms with Crippen molar-refractivity contribution in [2.75, 3.05) is 26.4 Å². The largest absolute Gasteiger partial charge is 0.394 e. The first-order valence-electron chi connectivity index (χ1n) is 7.17. The molecule has 1 aromatic heterocycles. The van der Waals surface area contributed by atoms with Crippen LogP contribution in [0.3, 0.4) is 0 Å². The molecular weight excluding hydrogens is 290 g/mol. The molecule has 5 nitrogen and oxygen atoms in total. The Hall–Kier alpha value is -1.14. The zero-order valence-electron chi connectivity index (χ0n) is 12.5. The number of aromatic nitrogens is 2. The molecule has 0 saturated carbocycles. The first-order chi connectivity index (χ1) is 10.1.